The van der Waals surface area contributed by atoms with Crippen LogP contribution < -0.4 is 0 Å². The third-order valence-electron chi connectivity index (χ3n) is 4.69. The van der Waals surface area contributed by atoms with Crippen molar-refractivity contribution in [2.75, 3.05) is 0 Å². The van der Waals surface area contributed by atoms with E-state index in [1.807, 2.05) is 0 Å². The van der Waals surface area contributed by atoms with Crippen molar-refractivity contribution in [3.05, 3.63) is 83.9 Å². The zero-order chi connectivity index (χ0) is 17.2. The van der Waals surface area contributed by atoms with Crippen LogP contribution in [0.15, 0.2) is 72.8 Å². The Balaban J connectivity index is 0.000000526. The van der Waals surface area contributed by atoms with Crippen LogP contribution in [0.3, 0.4) is 0 Å². The van der Waals surface area contributed by atoms with Crippen LogP contribution in [0.5, 0.6) is 0 Å². The lowest BCUT2D eigenvalue weighted by molar-refractivity contribution is 0.660. The normalized spacial score (nSPS) is 13.5. The predicted octanol–water partition coefficient (Wildman–Crippen LogP) is 7.08. The molecule has 0 heteroatoms. The lowest BCUT2D eigenvalue weighted by atomic mass is 9.82. The quantitative estimate of drug-likeness (QED) is 0.450. The SMILES string of the molecule is CC1(C)c2ccccc2-c2cc(-c3ccccc3)ccc21.CCC. The van der Waals surface area contributed by atoms with Crippen molar-refractivity contribution >= 4 is 0 Å². The summed E-state index contributed by atoms with van der Waals surface area (Å²) in [7, 11) is 0. The third-order valence-corrected chi connectivity index (χ3v) is 4.69. The Bertz CT molecular complexity index is 826. The molecular formula is C24H26. The lowest BCUT2D eigenvalue weighted by Gasteiger charge is -2.21. The molecule has 0 saturated carbocycles. The Hall–Kier alpha value is -2.34. The van der Waals surface area contributed by atoms with Gasteiger partial charge in [-0.1, -0.05) is 101 Å². The summed E-state index contributed by atoms with van der Waals surface area (Å²) in [6.07, 6.45) is 1.25. The summed E-state index contributed by atoms with van der Waals surface area (Å²) in [5, 5.41) is 0. The van der Waals surface area contributed by atoms with E-state index in [0.717, 1.165) is 0 Å². The largest absolute Gasteiger partial charge is 0.0656 e. The summed E-state index contributed by atoms with van der Waals surface area (Å²) < 4.78 is 0. The molecule has 1 aliphatic carbocycles. The van der Waals surface area contributed by atoms with Crippen molar-refractivity contribution in [2.24, 2.45) is 0 Å². The molecular weight excluding hydrogens is 288 g/mol. The summed E-state index contributed by atoms with van der Waals surface area (Å²) >= 11 is 0. The van der Waals surface area contributed by atoms with Gasteiger partial charge in [0, 0.05) is 5.41 Å². The van der Waals surface area contributed by atoms with Gasteiger partial charge in [-0.05, 0) is 39.4 Å². The van der Waals surface area contributed by atoms with Gasteiger partial charge in [-0.25, -0.2) is 0 Å². The molecule has 3 aromatic carbocycles. The molecule has 24 heavy (non-hydrogen) atoms. The van der Waals surface area contributed by atoms with Gasteiger partial charge in [0.2, 0.25) is 0 Å². The van der Waals surface area contributed by atoms with Crippen LogP contribution in [0.4, 0.5) is 0 Å². The second kappa shape index (κ2) is 6.65. The molecule has 0 aliphatic heterocycles. The molecule has 0 bridgehead atoms. The van der Waals surface area contributed by atoms with Crippen LogP contribution in [-0.4, -0.2) is 0 Å². The van der Waals surface area contributed by atoms with Gasteiger partial charge < -0.3 is 0 Å². The fourth-order valence-corrected chi connectivity index (χ4v) is 3.53. The van der Waals surface area contributed by atoms with Crippen molar-refractivity contribution in [1.29, 1.82) is 0 Å². The Morgan fingerprint density at radius 1 is 0.625 bits per heavy atom. The molecule has 0 atom stereocenters. The van der Waals surface area contributed by atoms with E-state index in [-0.39, 0.29) is 5.41 Å². The van der Waals surface area contributed by atoms with Crippen molar-refractivity contribution in [3.63, 3.8) is 0 Å². The minimum Gasteiger partial charge on any atom is -0.0656 e. The molecule has 0 amide bonds. The highest BCUT2D eigenvalue weighted by molar-refractivity contribution is 5.84. The molecule has 4 rings (SSSR count). The first-order valence-corrected chi connectivity index (χ1v) is 8.89. The fraction of sp³-hybridized carbons (Fsp3) is 0.250. The number of fused-ring (bicyclic) bond motifs is 3. The topological polar surface area (TPSA) is 0 Å². The molecule has 1 aliphatic rings. The smallest absolute Gasteiger partial charge is 0.0158 e. The van der Waals surface area contributed by atoms with E-state index in [0.29, 0.717) is 0 Å². The van der Waals surface area contributed by atoms with Gasteiger partial charge in [0.05, 0.1) is 0 Å². The first-order chi connectivity index (χ1) is 11.6. The fourth-order valence-electron chi connectivity index (χ4n) is 3.53. The Morgan fingerprint density at radius 3 is 1.92 bits per heavy atom. The highest BCUT2D eigenvalue weighted by Crippen LogP contribution is 2.49. The van der Waals surface area contributed by atoms with E-state index < -0.39 is 0 Å². The molecule has 0 saturated heterocycles. The van der Waals surface area contributed by atoms with Gasteiger partial charge in [-0.2, -0.15) is 0 Å². The number of hydrogen-bond donors (Lipinski definition) is 0. The number of rotatable bonds is 1. The van der Waals surface area contributed by atoms with E-state index >= 15 is 0 Å². The van der Waals surface area contributed by atoms with E-state index in [2.05, 4.69) is 100 Å². The monoisotopic (exact) mass is 314 g/mol. The zero-order valence-corrected chi connectivity index (χ0v) is 15.1. The number of hydrogen-bond acceptors (Lipinski definition) is 0. The second-order valence-corrected chi connectivity index (χ2v) is 7.00. The van der Waals surface area contributed by atoms with Gasteiger partial charge >= 0.3 is 0 Å². The van der Waals surface area contributed by atoms with Gasteiger partial charge in [-0.3, -0.25) is 0 Å². The zero-order valence-electron chi connectivity index (χ0n) is 15.1. The van der Waals surface area contributed by atoms with Crippen LogP contribution in [0, 0.1) is 0 Å². The van der Waals surface area contributed by atoms with E-state index in [1.54, 1.807) is 0 Å². The minimum absolute atomic E-state index is 0.0984. The van der Waals surface area contributed by atoms with Gasteiger partial charge in [-0.15, -0.1) is 0 Å². The predicted molar refractivity (Wildman–Crippen MR) is 105 cm³/mol. The Kier molecular flexibility index (Phi) is 4.57. The summed E-state index contributed by atoms with van der Waals surface area (Å²) in [5.41, 5.74) is 8.31. The maximum atomic E-state index is 2.35. The lowest BCUT2D eigenvalue weighted by Crippen LogP contribution is -2.14. The number of benzene rings is 3. The Morgan fingerprint density at radius 2 is 1.21 bits per heavy atom. The first kappa shape index (κ1) is 16.5. The second-order valence-electron chi connectivity index (χ2n) is 7.00. The molecule has 0 spiro atoms. The third kappa shape index (κ3) is 2.78. The first-order valence-electron chi connectivity index (χ1n) is 8.89. The van der Waals surface area contributed by atoms with Crippen LogP contribution in [0.25, 0.3) is 22.3 Å². The van der Waals surface area contributed by atoms with Gasteiger partial charge in [0.25, 0.3) is 0 Å². The molecule has 3 aromatic rings. The molecule has 0 radical (unpaired) electrons. The highest BCUT2D eigenvalue weighted by atomic mass is 14.4. The average Bonchev–Trinajstić information content (AvgIpc) is 2.84. The highest BCUT2D eigenvalue weighted by Gasteiger charge is 2.34. The molecule has 0 nitrogen and oxygen atoms in total. The summed E-state index contributed by atoms with van der Waals surface area (Å²) in [6.45, 7) is 8.89. The molecule has 0 aromatic heterocycles. The van der Waals surface area contributed by atoms with Crippen LogP contribution in [-0.2, 0) is 5.41 Å². The van der Waals surface area contributed by atoms with E-state index in [4.69, 9.17) is 0 Å². The molecule has 0 unspecified atom stereocenters. The summed E-state index contributed by atoms with van der Waals surface area (Å²) in [6, 6.07) is 26.3. The van der Waals surface area contributed by atoms with Crippen molar-refractivity contribution in [2.45, 2.75) is 39.5 Å². The summed E-state index contributed by atoms with van der Waals surface area (Å²) in [4.78, 5) is 0. The minimum atomic E-state index is 0.0984. The van der Waals surface area contributed by atoms with Gasteiger partial charge in [0.15, 0.2) is 0 Å². The van der Waals surface area contributed by atoms with Crippen molar-refractivity contribution in [3.8, 4) is 22.3 Å². The van der Waals surface area contributed by atoms with Crippen LogP contribution >= 0.6 is 0 Å². The summed E-state index contributed by atoms with van der Waals surface area (Å²) in [5.74, 6) is 0. The maximum Gasteiger partial charge on any atom is 0.0158 e. The average molecular weight is 314 g/mol. The van der Waals surface area contributed by atoms with E-state index in [9.17, 15) is 0 Å². The van der Waals surface area contributed by atoms with Crippen LogP contribution in [0.2, 0.25) is 0 Å². The van der Waals surface area contributed by atoms with Crippen LogP contribution in [0.1, 0.15) is 45.2 Å². The van der Waals surface area contributed by atoms with Gasteiger partial charge in [0.1, 0.15) is 0 Å². The molecule has 0 heterocycles. The standard InChI is InChI=1S/C21H18.C3H8/c1-21(2)19-11-7-6-10-17(19)18-14-16(12-13-20(18)21)15-8-4-3-5-9-15;1-3-2/h3-14H,1-2H3;3H2,1-2H3. The van der Waals surface area contributed by atoms with Crippen molar-refractivity contribution in [1.82, 2.24) is 0 Å². The van der Waals surface area contributed by atoms with E-state index in [1.165, 1.54) is 39.8 Å². The maximum absolute atomic E-state index is 2.35. The molecule has 0 N–H and O–H groups in total. The van der Waals surface area contributed by atoms with Crippen molar-refractivity contribution < 1.29 is 0 Å². The molecule has 122 valence electrons. The molecule has 0 fully saturated rings. The Labute approximate surface area is 146 Å².